The van der Waals surface area contributed by atoms with E-state index in [0.717, 1.165) is 16.5 Å². The highest BCUT2D eigenvalue weighted by molar-refractivity contribution is 9.10. The molecule has 1 saturated heterocycles. The first kappa shape index (κ1) is 16.0. The number of carbonyl (C=O) groups is 2. The topological polar surface area (TPSA) is 75.6 Å². The number of aliphatic carboxylic acids is 1. The van der Waals surface area contributed by atoms with E-state index in [4.69, 9.17) is 9.84 Å². The number of hydrogen-bond donors (Lipinski definition) is 2. The Morgan fingerprint density at radius 3 is 2.90 bits per heavy atom. The number of carboxylic acid groups (broad SMARTS) is 1. The maximum Gasteiger partial charge on any atom is 0.305 e. The highest BCUT2D eigenvalue weighted by Gasteiger charge is 2.23. The van der Waals surface area contributed by atoms with Gasteiger partial charge in [-0.25, -0.2) is 0 Å². The second-order valence-corrected chi connectivity index (χ2v) is 6.12. The number of rotatable bonds is 6. The predicted octanol–water partition coefficient (Wildman–Crippen LogP) is 2.51. The molecule has 1 fully saturated rings. The molecule has 2 N–H and O–H groups in total. The molecule has 0 spiro atoms. The third-order valence-corrected chi connectivity index (χ3v) is 3.96. The number of carboxylic acids is 1. The van der Waals surface area contributed by atoms with Gasteiger partial charge in [0.25, 0.3) is 0 Å². The molecule has 0 aliphatic carbocycles. The van der Waals surface area contributed by atoms with Crippen molar-refractivity contribution in [1.29, 1.82) is 0 Å². The molecule has 2 atom stereocenters. The van der Waals surface area contributed by atoms with Crippen LogP contribution in [0.15, 0.2) is 28.7 Å². The minimum Gasteiger partial charge on any atom is -0.481 e. The van der Waals surface area contributed by atoms with E-state index in [9.17, 15) is 9.59 Å². The summed E-state index contributed by atoms with van der Waals surface area (Å²) in [5, 5.41) is 11.9. The smallest absolute Gasteiger partial charge is 0.305 e. The van der Waals surface area contributed by atoms with Gasteiger partial charge in [0.1, 0.15) is 0 Å². The van der Waals surface area contributed by atoms with Gasteiger partial charge in [0.15, 0.2) is 0 Å². The summed E-state index contributed by atoms with van der Waals surface area (Å²) in [4.78, 5) is 23.1. The van der Waals surface area contributed by atoms with Crippen LogP contribution in [0.1, 0.15) is 30.9 Å². The number of nitrogens with one attached hydrogen (secondary N) is 1. The van der Waals surface area contributed by atoms with Crippen LogP contribution in [-0.4, -0.2) is 30.2 Å². The van der Waals surface area contributed by atoms with Crippen molar-refractivity contribution in [2.75, 3.05) is 13.2 Å². The standard InChI is InChI=1S/C15H18BrNO4/c16-12-3-1-2-11(7-12)13(8-15(19)20)17-14(18)6-10-4-5-21-9-10/h1-3,7,10,13H,4-6,8-9H2,(H,17,18)(H,19,20)/t10-,13+/m1/s1. The molecule has 1 aliphatic rings. The summed E-state index contributed by atoms with van der Waals surface area (Å²) >= 11 is 3.36. The molecule has 0 unspecified atom stereocenters. The zero-order chi connectivity index (χ0) is 15.2. The molecule has 6 heteroatoms. The van der Waals surface area contributed by atoms with Gasteiger partial charge in [-0.2, -0.15) is 0 Å². The second-order valence-electron chi connectivity index (χ2n) is 5.21. The summed E-state index contributed by atoms with van der Waals surface area (Å²) in [6.45, 7) is 1.30. The molecule has 21 heavy (non-hydrogen) atoms. The van der Waals surface area contributed by atoms with Crippen LogP contribution in [0.2, 0.25) is 0 Å². The van der Waals surface area contributed by atoms with Crippen LogP contribution in [0.3, 0.4) is 0 Å². The molecule has 5 nitrogen and oxygen atoms in total. The SMILES string of the molecule is O=C(O)C[C@H](NC(=O)C[C@H]1CCOC1)c1cccc(Br)c1. The van der Waals surface area contributed by atoms with Crippen molar-refractivity contribution in [1.82, 2.24) is 5.32 Å². The Balaban J connectivity index is 2.01. The molecule has 0 aromatic heterocycles. The van der Waals surface area contributed by atoms with Crippen molar-refractivity contribution in [3.63, 3.8) is 0 Å². The van der Waals surface area contributed by atoms with Gasteiger partial charge < -0.3 is 15.2 Å². The Morgan fingerprint density at radius 1 is 1.48 bits per heavy atom. The van der Waals surface area contributed by atoms with Gasteiger partial charge in [0, 0.05) is 24.1 Å². The fraction of sp³-hybridized carbons (Fsp3) is 0.467. The monoisotopic (exact) mass is 355 g/mol. The largest absolute Gasteiger partial charge is 0.481 e. The molecule has 1 aromatic rings. The first-order chi connectivity index (χ1) is 10.0. The number of ether oxygens (including phenoxy) is 1. The van der Waals surface area contributed by atoms with E-state index in [1.54, 1.807) is 0 Å². The van der Waals surface area contributed by atoms with Crippen molar-refractivity contribution in [2.45, 2.75) is 25.3 Å². The van der Waals surface area contributed by atoms with Gasteiger partial charge in [-0.05, 0) is 30.0 Å². The Morgan fingerprint density at radius 2 is 2.29 bits per heavy atom. The fourth-order valence-corrected chi connectivity index (χ4v) is 2.83. The van der Waals surface area contributed by atoms with Crippen molar-refractivity contribution in [3.05, 3.63) is 34.3 Å². The highest BCUT2D eigenvalue weighted by atomic mass is 79.9. The van der Waals surface area contributed by atoms with Crippen LogP contribution in [0.5, 0.6) is 0 Å². The lowest BCUT2D eigenvalue weighted by atomic mass is 10.0. The van der Waals surface area contributed by atoms with E-state index in [1.807, 2.05) is 24.3 Å². The Labute approximate surface area is 131 Å². The molecular weight excluding hydrogens is 338 g/mol. The predicted molar refractivity (Wildman–Crippen MR) is 80.8 cm³/mol. The summed E-state index contributed by atoms with van der Waals surface area (Å²) in [5.41, 5.74) is 0.780. The normalized spacial score (nSPS) is 19.2. The van der Waals surface area contributed by atoms with Gasteiger partial charge >= 0.3 is 5.97 Å². The van der Waals surface area contributed by atoms with Crippen molar-refractivity contribution in [3.8, 4) is 0 Å². The first-order valence-electron chi connectivity index (χ1n) is 6.89. The number of hydrogen-bond acceptors (Lipinski definition) is 3. The molecule has 114 valence electrons. The average molecular weight is 356 g/mol. The lowest BCUT2D eigenvalue weighted by Crippen LogP contribution is -2.31. The quantitative estimate of drug-likeness (QED) is 0.821. The van der Waals surface area contributed by atoms with Crippen LogP contribution in [0, 0.1) is 5.92 Å². The number of halogens is 1. The van der Waals surface area contributed by atoms with E-state index in [1.165, 1.54) is 0 Å². The molecule has 1 aromatic carbocycles. The van der Waals surface area contributed by atoms with E-state index in [-0.39, 0.29) is 18.2 Å². The van der Waals surface area contributed by atoms with Crippen LogP contribution in [0.25, 0.3) is 0 Å². The molecule has 0 saturated carbocycles. The Hall–Kier alpha value is -1.40. The molecule has 0 radical (unpaired) electrons. The van der Waals surface area contributed by atoms with Crippen LogP contribution in [-0.2, 0) is 14.3 Å². The zero-order valence-corrected chi connectivity index (χ0v) is 13.1. The number of carbonyl (C=O) groups excluding carboxylic acids is 1. The van der Waals surface area contributed by atoms with Gasteiger partial charge in [-0.3, -0.25) is 9.59 Å². The summed E-state index contributed by atoms with van der Waals surface area (Å²) < 4.78 is 6.10. The van der Waals surface area contributed by atoms with Gasteiger partial charge in [-0.1, -0.05) is 28.1 Å². The van der Waals surface area contributed by atoms with Crippen LogP contribution in [0.4, 0.5) is 0 Å². The van der Waals surface area contributed by atoms with Crippen molar-refractivity contribution in [2.24, 2.45) is 5.92 Å². The van der Waals surface area contributed by atoms with Gasteiger partial charge in [0.2, 0.25) is 5.91 Å². The third kappa shape index (κ3) is 5.13. The van der Waals surface area contributed by atoms with Crippen LogP contribution < -0.4 is 5.32 Å². The molecule has 1 amide bonds. The molecule has 1 heterocycles. The zero-order valence-electron chi connectivity index (χ0n) is 11.5. The van der Waals surface area contributed by atoms with E-state index >= 15 is 0 Å². The molecular formula is C15H18BrNO4. The molecule has 1 aliphatic heterocycles. The van der Waals surface area contributed by atoms with Gasteiger partial charge in [0.05, 0.1) is 12.5 Å². The summed E-state index contributed by atoms with van der Waals surface area (Å²) in [5.74, 6) is -0.834. The van der Waals surface area contributed by atoms with Crippen molar-refractivity contribution >= 4 is 27.8 Å². The lowest BCUT2D eigenvalue weighted by Gasteiger charge is -2.18. The highest BCUT2D eigenvalue weighted by Crippen LogP contribution is 2.22. The molecule has 2 rings (SSSR count). The Kier molecular flexibility index (Phi) is 5.76. The second kappa shape index (κ2) is 7.56. The van der Waals surface area contributed by atoms with E-state index in [2.05, 4.69) is 21.2 Å². The van der Waals surface area contributed by atoms with Crippen molar-refractivity contribution < 1.29 is 19.4 Å². The lowest BCUT2D eigenvalue weighted by molar-refractivity contribution is -0.137. The maximum absolute atomic E-state index is 12.1. The fourth-order valence-electron chi connectivity index (χ4n) is 2.41. The first-order valence-corrected chi connectivity index (χ1v) is 7.68. The summed E-state index contributed by atoms with van der Waals surface area (Å²) in [6.07, 6.45) is 1.13. The molecule has 0 bridgehead atoms. The van der Waals surface area contributed by atoms with E-state index < -0.39 is 12.0 Å². The minimum absolute atomic E-state index is 0.128. The maximum atomic E-state index is 12.1. The third-order valence-electron chi connectivity index (χ3n) is 3.46. The van der Waals surface area contributed by atoms with Crippen LogP contribution >= 0.6 is 15.9 Å². The number of amides is 1. The average Bonchev–Trinajstić information content (AvgIpc) is 2.90. The summed E-state index contributed by atoms with van der Waals surface area (Å²) in [7, 11) is 0. The number of benzene rings is 1. The van der Waals surface area contributed by atoms with E-state index in [0.29, 0.717) is 19.6 Å². The van der Waals surface area contributed by atoms with Gasteiger partial charge in [-0.15, -0.1) is 0 Å². The summed E-state index contributed by atoms with van der Waals surface area (Å²) in [6, 6.07) is 6.81. The minimum atomic E-state index is -0.940. The Bertz CT molecular complexity index is 514.